The van der Waals surface area contributed by atoms with Gasteiger partial charge in [-0.1, -0.05) is 12.1 Å². The van der Waals surface area contributed by atoms with E-state index in [-0.39, 0.29) is 6.04 Å². The van der Waals surface area contributed by atoms with Crippen LogP contribution in [0.25, 0.3) is 0 Å². The number of nitrogens with zero attached hydrogens (tertiary/aromatic N) is 1. The van der Waals surface area contributed by atoms with Crippen molar-refractivity contribution in [1.82, 2.24) is 4.90 Å². The third-order valence-corrected chi connectivity index (χ3v) is 3.43. The Kier molecular flexibility index (Phi) is 4.70. The normalized spacial score (nSPS) is 12.3. The van der Waals surface area contributed by atoms with Crippen LogP contribution in [0.5, 0.6) is 0 Å². The smallest absolute Gasteiger partial charge is 0.331 e. The summed E-state index contributed by atoms with van der Waals surface area (Å²) in [7, 11) is 0. The van der Waals surface area contributed by atoms with Gasteiger partial charge in [-0.3, -0.25) is 4.79 Å². The number of carboxylic acids is 1. The number of aryl methyl sites for hydroxylation is 3. The monoisotopic (exact) mass is 263 g/mol. The number of hydrogen-bond donors (Lipinski definition) is 1. The van der Waals surface area contributed by atoms with Crippen LogP contribution in [0.1, 0.15) is 42.1 Å². The zero-order chi connectivity index (χ0) is 14.7. The number of rotatable bonds is 5. The van der Waals surface area contributed by atoms with Crippen LogP contribution >= 0.6 is 0 Å². The lowest BCUT2D eigenvalue weighted by Gasteiger charge is -2.30. The second kappa shape index (κ2) is 5.87. The molecule has 0 heterocycles. The quantitative estimate of drug-likeness (QED) is 0.831. The van der Waals surface area contributed by atoms with Gasteiger partial charge >= 0.3 is 5.97 Å². The molecule has 0 saturated heterocycles. The first-order valence-electron chi connectivity index (χ1n) is 6.32. The summed E-state index contributed by atoms with van der Waals surface area (Å²) < 4.78 is 0. The summed E-state index contributed by atoms with van der Waals surface area (Å²) in [5, 5.41) is 9.46. The summed E-state index contributed by atoms with van der Waals surface area (Å²) in [6, 6.07) is 2.73. The van der Waals surface area contributed by atoms with E-state index in [0.29, 0.717) is 12.0 Å². The topological polar surface area (TPSA) is 57.6 Å². The number of carboxylic acid groups (broad SMARTS) is 1. The van der Waals surface area contributed by atoms with Crippen molar-refractivity contribution in [3.8, 4) is 0 Å². The molecule has 1 N–H and O–H groups in total. The maximum Gasteiger partial charge on any atom is 0.331 e. The molecule has 1 atom stereocenters. The van der Waals surface area contributed by atoms with E-state index in [1.54, 1.807) is 13.8 Å². The predicted octanol–water partition coefficient (Wildman–Crippen LogP) is 2.60. The number of hydrogen-bond acceptors (Lipinski definition) is 2. The Morgan fingerprint density at radius 2 is 1.68 bits per heavy atom. The fraction of sp³-hybridized carbons (Fsp3) is 0.467. The number of benzene rings is 1. The summed E-state index contributed by atoms with van der Waals surface area (Å²) in [5.74, 6) is -1.01. The van der Waals surface area contributed by atoms with Gasteiger partial charge in [0.15, 0.2) is 6.04 Å². The third-order valence-electron chi connectivity index (χ3n) is 3.43. The van der Waals surface area contributed by atoms with Gasteiger partial charge in [0.1, 0.15) is 0 Å². The summed E-state index contributed by atoms with van der Waals surface area (Å²) in [6.45, 7) is 9.42. The number of aliphatic carboxylic acids is 1. The molecule has 0 bridgehead atoms. The van der Waals surface area contributed by atoms with Crippen molar-refractivity contribution in [1.29, 1.82) is 0 Å². The molecule has 1 aromatic carbocycles. The fourth-order valence-electron chi connectivity index (χ4n) is 2.18. The fourth-order valence-corrected chi connectivity index (χ4v) is 2.18. The van der Waals surface area contributed by atoms with Gasteiger partial charge in [-0.2, -0.15) is 0 Å². The lowest BCUT2D eigenvalue weighted by Crippen LogP contribution is -2.38. The Bertz CT molecular complexity index is 494. The lowest BCUT2D eigenvalue weighted by molar-refractivity contribution is -0.148. The van der Waals surface area contributed by atoms with Crippen molar-refractivity contribution in [3.05, 3.63) is 34.4 Å². The highest BCUT2D eigenvalue weighted by Gasteiger charge is 2.29. The Labute approximate surface area is 114 Å². The minimum absolute atomic E-state index is 0.167. The molecule has 0 saturated carbocycles. The van der Waals surface area contributed by atoms with Crippen molar-refractivity contribution < 1.29 is 14.7 Å². The van der Waals surface area contributed by atoms with Crippen molar-refractivity contribution >= 4 is 12.4 Å². The third kappa shape index (κ3) is 3.13. The Morgan fingerprint density at radius 1 is 1.16 bits per heavy atom. The second-order valence-corrected chi connectivity index (χ2v) is 5.18. The maximum atomic E-state index is 11.6. The van der Waals surface area contributed by atoms with Crippen LogP contribution in [0.15, 0.2) is 12.1 Å². The van der Waals surface area contributed by atoms with Crippen LogP contribution < -0.4 is 0 Å². The number of carbonyl (C=O) groups excluding carboxylic acids is 1. The molecule has 0 aromatic heterocycles. The molecule has 1 aromatic rings. The van der Waals surface area contributed by atoms with Crippen LogP contribution in [0, 0.1) is 20.8 Å². The largest absolute Gasteiger partial charge is 0.479 e. The zero-order valence-electron chi connectivity index (χ0n) is 12.1. The summed E-state index contributed by atoms with van der Waals surface area (Å²) in [6.07, 6.45) is 0.609. The maximum absolute atomic E-state index is 11.6. The van der Waals surface area contributed by atoms with Gasteiger partial charge in [0.2, 0.25) is 6.41 Å². The molecule has 4 heteroatoms. The van der Waals surface area contributed by atoms with Gasteiger partial charge < -0.3 is 10.0 Å². The van der Waals surface area contributed by atoms with Crippen molar-refractivity contribution in [2.75, 3.05) is 0 Å². The molecular formula is C15H21NO3. The van der Waals surface area contributed by atoms with E-state index in [0.717, 1.165) is 16.7 Å². The van der Waals surface area contributed by atoms with Crippen molar-refractivity contribution in [3.63, 3.8) is 0 Å². The van der Waals surface area contributed by atoms with Gasteiger partial charge in [-0.25, -0.2) is 4.79 Å². The molecule has 0 fully saturated rings. The minimum Gasteiger partial charge on any atom is -0.479 e. The highest BCUT2D eigenvalue weighted by atomic mass is 16.4. The van der Waals surface area contributed by atoms with Crippen LogP contribution in [0.3, 0.4) is 0 Å². The average molecular weight is 263 g/mol. The highest BCUT2D eigenvalue weighted by molar-refractivity contribution is 5.79. The average Bonchev–Trinajstić information content (AvgIpc) is 2.30. The van der Waals surface area contributed by atoms with Crippen LogP contribution in [0.2, 0.25) is 0 Å². The van der Waals surface area contributed by atoms with Gasteiger partial charge in [0.25, 0.3) is 0 Å². The second-order valence-electron chi connectivity index (χ2n) is 5.18. The zero-order valence-corrected chi connectivity index (χ0v) is 12.1. The first-order chi connectivity index (χ1) is 8.79. The van der Waals surface area contributed by atoms with Crippen LogP contribution in [0.4, 0.5) is 0 Å². The van der Waals surface area contributed by atoms with Crippen LogP contribution in [-0.4, -0.2) is 28.4 Å². The molecule has 0 aliphatic rings. The minimum atomic E-state index is -1.01. The predicted molar refractivity (Wildman–Crippen MR) is 74.1 cm³/mol. The SMILES string of the molecule is Cc1cc(C)c(C(C(=O)O)N(C=O)C(C)C)cc1C. The lowest BCUT2D eigenvalue weighted by atomic mass is 9.94. The van der Waals surface area contributed by atoms with E-state index in [4.69, 9.17) is 0 Å². The van der Waals surface area contributed by atoms with E-state index in [1.165, 1.54) is 4.90 Å². The van der Waals surface area contributed by atoms with E-state index in [2.05, 4.69) is 0 Å². The Morgan fingerprint density at radius 3 is 2.11 bits per heavy atom. The van der Waals surface area contributed by atoms with E-state index >= 15 is 0 Å². The molecule has 0 aliphatic heterocycles. The molecule has 104 valence electrons. The molecule has 1 unspecified atom stereocenters. The first-order valence-corrected chi connectivity index (χ1v) is 6.32. The van der Waals surface area contributed by atoms with Crippen LogP contribution in [-0.2, 0) is 9.59 Å². The van der Waals surface area contributed by atoms with Gasteiger partial charge in [-0.05, 0) is 56.9 Å². The summed E-state index contributed by atoms with van der Waals surface area (Å²) in [5.41, 5.74) is 3.72. The van der Waals surface area contributed by atoms with Gasteiger partial charge in [-0.15, -0.1) is 0 Å². The molecule has 0 spiro atoms. The van der Waals surface area contributed by atoms with Crippen molar-refractivity contribution in [2.45, 2.75) is 46.7 Å². The summed E-state index contributed by atoms with van der Waals surface area (Å²) >= 11 is 0. The highest BCUT2D eigenvalue weighted by Crippen LogP contribution is 2.27. The standard InChI is InChI=1S/C15H21NO3/c1-9(2)16(8-17)14(15(18)19)13-7-11(4)10(3)6-12(13)5/h6-9,14H,1-5H3,(H,18,19). The molecule has 19 heavy (non-hydrogen) atoms. The molecule has 1 amide bonds. The van der Waals surface area contributed by atoms with Gasteiger partial charge in [0.05, 0.1) is 0 Å². The molecule has 4 nitrogen and oxygen atoms in total. The van der Waals surface area contributed by atoms with E-state index < -0.39 is 12.0 Å². The Balaban J connectivity index is 3.38. The molecule has 1 rings (SSSR count). The van der Waals surface area contributed by atoms with E-state index in [1.807, 2.05) is 32.9 Å². The first kappa shape index (κ1) is 15.2. The molecule has 0 radical (unpaired) electrons. The summed E-state index contributed by atoms with van der Waals surface area (Å²) in [4.78, 5) is 24.1. The molecule has 0 aliphatic carbocycles. The number of amides is 1. The Hall–Kier alpha value is -1.84. The van der Waals surface area contributed by atoms with Crippen molar-refractivity contribution in [2.24, 2.45) is 0 Å². The van der Waals surface area contributed by atoms with E-state index in [9.17, 15) is 14.7 Å². The van der Waals surface area contributed by atoms with Gasteiger partial charge in [0, 0.05) is 6.04 Å². The number of carbonyl (C=O) groups is 2. The molecular weight excluding hydrogens is 242 g/mol.